The molecule has 0 radical (unpaired) electrons. The van der Waals surface area contributed by atoms with Crippen LogP contribution in [0.25, 0.3) is 0 Å². The second kappa shape index (κ2) is 6.03. The molecule has 1 atom stereocenters. The number of nitrogens with one attached hydrogen (secondary N) is 2. The molecule has 1 aliphatic rings. The summed E-state index contributed by atoms with van der Waals surface area (Å²) in [5.41, 5.74) is 0.714. The van der Waals surface area contributed by atoms with Crippen LogP contribution in [-0.4, -0.2) is 44.8 Å². The van der Waals surface area contributed by atoms with Crippen LogP contribution in [0.5, 0.6) is 0 Å². The van der Waals surface area contributed by atoms with Crippen molar-refractivity contribution in [1.82, 2.24) is 9.62 Å². The van der Waals surface area contributed by atoms with E-state index >= 15 is 0 Å². The third kappa shape index (κ3) is 3.95. The van der Waals surface area contributed by atoms with Gasteiger partial charge in [-0.05, 0) is 44.0 Å². The van der Waals surface area contributed by atoms with E-state index in [0.717, 1.165) is 12.8 Å². The van der Waals surface area contributed by atoms with Gasteiger partial charge in [-0.25, -0.2) is 12.7 Å². The number of benzene rings is 1. The van der Waals surface area contributed by atoms with Crippen molar-refractivity contribution in [2.24, 2.45) is 0 Å². The Labute approximate surface area is 125 Å². The zero-order valence-corrected chi connectivity index (χ0v) is 13.3. The van der Waals surface area contributed by atoms with Gasteiger partial charge in [-0.1, -0.05) is 0 Å². The largest absolute Gasteiger partial charge is 0.374 e. The maximum Gasteiger partial charge on any atom is 0.242 e. The van der Waals surface area contributed by atoms with Gasteiger partial charge in [0.2, 0.25) is 15.9 Å². The minimum atomic E-state index is -3.42. The van der Waals surface area contributed by atoms with E-state index in [1.807, 2.05) is 0 Å². The molecule has 0 heterocycles. The summed E-state index contributed by atoms with van der Waals surface area (Å²) in [6.45, 7) is 1.78. The summed E-state index contributed by atoms with van der Waals surface area (Å²) in [4.78, 5) is 12.1. The number of rotatable bonds is 6. The number of hydrogen-bond acceptors (Lipinski definition) is 4. The average molecular weight is 311 g/mol. The van der Waals surface area contributed by atoms with Gasteiger partial charge in [0.25, 0.3) is 0 Å². The van der Waals surface area contributed by atoms with Crippen molar-refractivity contribution in [3.05, 3.63) is 24.3 Å². The molecule has 1 aromatic rings. The summed E-state index contributed by atoms with van der Waals surface area (Å²) in [6.07, 6.45) is 2.10. The molecular weight excluding hydrogens is 290 g/mol. The van der Waals surface area contributed by atoms with Crippen LogP contribution in [0.4, 0.5) is 5.69 Å². The number of anilines is 1. The van der Waals surface area contributed by atoms with Crippen LogP contribution in [0.3, 0.4) is 0 Å². The van der Waals surface area contributed by atoms with Gasteiger partial charge in [-0.3, -0.25) is 4.79 Å². The van der Waals surface area contributed by atoms with Gasteiger partial charge in [0, 0.05) is 25.8 Å². The number of carbonyl (C=O) groups excluding carboxylic acids is 1. The van der Waals surface area contributed by atoms with Crippen LogP contribution in [0.2, 0.25) is 0 Å². The van der Waals surface area contributed by atoms with Crippen molar-refractivity contribution >= 4 is 21.6 Å². The molecule has 2 N–H and O–H groups in total. The van der Waals surface area contributed by atoms with Gasteiger partial charge in [0.15, 0.2) is 0 Å². The lowest BCUT2D eigenvalue weighted by Crippen LogP contribution is -2.38. The summed E-state index contributed by atoms with van der Waals surface area (Å²) < 4.78 is 25.1. The highest BCUT2D eigenvalue weighted by atomic mass is 32.2. The smallest absolute Gasteiger partial charge is 0.242 e. The van der Waals surface area contributed by atoms with Crippen LogP contribution in [0.15, 0.2) is 29.2 Å². The third-order valence-electron chi connectivity index (χ3n) is 3.33. The first-order chi connectivity index (χ1) is 9.80. The highest BCUT2D eigenvalue weighted by Crippen LogP contribution is 2.20. The molecular formula is C14H21N3O3S. The van der Waals surface area contributed by atoms with Crippen LogP contribution in [0, 0.1) is 0 Å². The molecule has 21 heavy (non-hydrogen) atoms. The molecule has 0 aromatic heterocycles. The highest BCUT2D eigenvalue weighted by molar-refractivity contribution is 7.89. The fourth-order valence-electron chi connectivity index (χ4n) is 1.80. The molecule has 1 fully saturated rings. The van der Waals surface area contributed by atoms with Gasteiger partial charge in [-0.2, -0.15) is 0 Å². The summed E-state index contributed by atoms with van der Waals surface area (Å²) in [5, 5.41) is 5.98. The number of carbonyl (C=O) groups is 1. The van der Waals surface area contributed by atoms with Gasteiger partial charge in [0.05, 0.1) is 4.90 Å². The molecule has 7 heteroatoms. The molecule has 0 spiro atoms. The SMILES string of the molecule is CC(Nc1ccc(S(=O)(=O)N(C)C)cc1)C(=O)NC1CC1. The predicted octanol–water partition coefficient (Wildman–Crippen LogP) is 1.02. The van der Waals surface area contributed by atoms with E-state index < -0.39 is 10.0 Å². The fraction of sp³-hybridized carbons (Fsp3) is 0.500. The van der Waals surface area contributed by atoms with E-state index in [-0.39, 0.29) is 16.8 Å². The Morgan fingerprint density at radius 2 is 1.81 bits per heavy atom. The molecule has 0 saturated heterocycles. The maximum absolute atomic E-state index is 11.9. The minimum absolute atomic E-state index is 0.0394. The van der Waals surface area contributed by atoms with Gasteiger partial charge in [0.1, 0.15) is 6.04 Å². The molecule has 1 aromatic carbocycles. The van der Waals surface area contributed by atoms with Crippen molar-refractivity contribution in [1.29, 1.82) is 0 Å². The van der Waals surface area contributed by atoms with Gasteiger partial charge >= 0.3 is 0 Å². The maximum atomic E-state index is 11.9. The van der Waals surface area contributed by atoms with Crippen LogP contribution in [0.1, 0.15) is 19.8 Å². The predicted molar refractivity (Wildman–Crippen MR) is 81.6 cm³/mol. The van der Waals surface area contributed by atoms with Crippen molar-refractivity contribution in [2.75, 3.05) is 19.4 Å². The monoisotopic (exact) mass is 311 g/mol. The van der Waals surface area contributed by atoms with Gasteiger partial charge < -0.3 is 10.6 Å². The normalized spacial score (nSPS) is 16.6. The standard InChI is InChI=1S/C14H21N3O3S/c1-10(14(18)16-12-4-5-12)15-11-6-8-13(9-7-11)21(19,20)17(2)3/h6-10,12,15H,4-5H2,1-3H3,(H,16,18). The Morgan fingerprint density at radius 3 is 2.29 bits per heavy atom. The summed E-state index contributed by atoms with van der Waals surface area (Å²) in [6, 6.07) is 6.36. The first-order valence-corrected chi connectivity index (χ1v) is 8.34. The number of hydrogen-bond donors (Lipinski definition) is 2. The van der Waals surface area contributed by atoms with Crippen molar-refractivity contribution in [3.8, 4) is 0 Å². The van der Waals surface area contributed by atoms with Gasteiger partial charge in [-0.15, -0.1) is 0 Å². The first kappa shape index (κ1) is 15.8. The van der Waals surface area contributed by atoms with Crippen LogP contribution >= 0.6 is 0 Å². The lowest BCUT2D eigenvalue weighted by molar-refractivity contribution is -0.121. The van der Waals surface area contributed by atoms with E-state index in [0.29, 0.717) is 11.7 Å². The minimum Gasteiger partial charge on any atom is -0.374 e. The summed E-state index contributed by atoms with van der Waals surface area (Å²) in [7, 11) is -0.436. The molecule has 1 saturated carbocycles. The zero-order valence-electron chi connectivity index (χ0n) is 12.5. The van der Waals surface area contributed by atoms with E-state index in [2.05, 4.69) is 10.6 Å². The Bertz CT molecular complexity index is 607. The Morgan fingerprint density at radius 1 is 1.24 bits per heavy atom. The second-order valence-corrected chi connectivity index (χ2v) is 7.61. The Kier molecular flexibility index (Phi) is 4.53. The Balaban J connectivity index is 2.00. The first-order valence-electron chi connectivity index (χ1n) is 6.90. The highest BCUT2D eigenvalue weighted by Gasteiger charge is 2.25. The fourth-order valence-corrected chi connectivity index (χ4v) is 2.71. The van der Waals surface area contributed by atoms with Crippen LogP contribution in [-0.2, 0) is 14.8 Å². The molecule has 1 unspecified atom stereocenters. The number of sulfonamides is 1. The van der Waals surface area contributed by atoms with E-state index in [1.54, 1.807) is 19.1 Å². The number of amides is 1. The average Bonchev–Trinajstić information content (AvgIpc) is 3.23. The lowest BCUT2D eigenvalue weighted by Gasteiger charge is -2.16. The molecule has 6 nitrogen and oxygen atoms in total. The molecule has 1 amide bonds. The van der Waals surface area contributed by atoms with E-state index in [4.69, 9.17) is 0 Å². The number of nitrogens with zero attached hydrogens (tertiary/aromatic N) is 1. The summed E-state index contributed by atoms with van der Waals surface area (Å²) >= 11 is 0. The quantitative estimate of drug-likeness (QED) is 0.822. The third-order valence-corrected chi connectivity index (χ3v) is 5.16. The van der Waals surface area contributed by atoms with Crippen molar-refractivity contribution in [2.45, 2.75) is 36.7 Å². The van der Waals surface area contributed by atoms with Crippen molar-refractivity contribution in [3.63, 3.8) is 0 Å². The summed E-state index contributed by atoms with van der Waals surface area (Å²) in [5.74, 6) is -0.0394. The molecule has 0 aliphatic heterocycles. The molecule has 2 rings (SSSR count). The Hall–Kier alpha value is -1.60. The van der Waals surface area contributed by atoms with Crippen LogP contribution < -0.4 is 10.6 Å². The topological polar surface area (TPSA) is 78.5 Å². The molecule has 1 aliphatic carbocycles. The van der Waals surface area contributed by atoms with E-state index in [1.165, 1.54) is 30.5 Å². The van der Waals surface area contributed by atoms with Crippen molar-refractivity contribution < 1.29 is 13.2 Å². The zero-order chi connectivity index (χ0) is 15.6. The van der Waals surface area contributed by atoms with E-state index in [9.17, 15) is 13.2 Å². The molecule has 116 valence electrons. The second-order valence-electron chi connectivity index (χ2n) is 5.46. The molecule has 0 bridgehead atoms. The lowest BCUT2D eigenvalue weighted by atomic mass is 10.2.